The molecule has 1 aromatic carbocycles. The third kappa shape index (κ3) is 4.21. The Bertz CT molecular complexity index is 432. The van der Waals surface area contributed by atoms with E-state index in [1.165, 1.54) is 12.1 Å². The molecule has 1 aromatic rings. The molecule has 3 nitrogen and oxygen atoms in total. The summed E-state index contributed by atoms with van der Waals surface area (Å²) in [6.07, 6.45) is -4.48. The van der Waals surface area contributed by atoms with Gasteiger partial charge in [0.25, 0.3) is 0 Å². The second-order valence-electron chi connectivity index (χ2n) is 3.23. The first-order valence-corrected chi connectivity index (χ1v) is 5.79. The van der Waals surface area contributed by atoms with E-state index in [1.807, 2.05) is 0 Å². The van der Waals surface area contributed by atoms with E-state index in [-0.39, 0.29) is 16.8 Å². The lowest BCUT2D eigenvalue weighted by atomic mass is 10.2. The maximum atomic E-state index is 12.6. The zero-order valence-corrected chi connectivity index (χ0v) is 11.0. The molecule has 0 fully saturated rings. The van der Waals surface area contributed by atoms with Crippen molar-refractivity contribution in [1.29, 1.82) is 0 Å². The van der Waals surface area contributed by atoms with Crippen LogP contribution < -0.4 is 4.74 Å². The van der Waals surface area contributed by atoms with Crippen molar-refractivity contribution in [2.24, 2.45) is 0 Å². The van der Waals surface area contributed by atoms with Crippen molar-refractivity contribution in [1.82, 2.24) is 0 Å². The molecule has 0 bridgehead atoms. The van der Waals surface area contributed by atoms with E-state index in [4.69, 9.17) is 4.74 Å². The van der Waals surface area contributed by atoms with Crippen LogP contribution in [0.3, 0.4) is 0 Å². The van der Waals surface area contributed by atoms with E-state index >= 15 is 0 Å². The number of hydrogen-bond acceptors (Lipinski definition) is 3. The Morgan fingerprint density at radius 3 is 2.61 bits per heavy atom. The first kappa shape index (κ1) is 14.8. The van der Waals surface area contributed by atoms with E-state index in [0.717, 1.165) is 6.07 Å². The molecule has 0 saturated carbocycles. The lowest BCUT2D eigenvalue weighted by molar-refractivity contribution is -0.145. The van der Waals surface area contributed by atoms with Crippen LogP contribution in [0.1, 0.15) is 12.5 Å². The minimum Gasteiger partial charge on any atom is -0.482 e. The molecular weight excluding hydrogens is 317 g/mol. The molecule has 0 aliphatic heterocycles. The second kappa shape index (κ2) is 6.08. The van der Waals surface area contributed by atoms with Crippen LogP contribution in [-0.4, -0.2) is 19.2 Å². The molecule has 0 spiro atoms. The summed E-state index contributed by atoms with van der Waals surface area (Å²) in [5, 5.41) is 0. The Morgan fingerprint density at radius 1 is 1.39 bits per heavy atom. The molecule has 0 aliphatic carbocycles. The van der Waals surface area contributed by atoms with E-state index in [9.17, 15) is 18.0 Å². The van der Waals surface area contributed by atoms with Crippen molar-refractivity contribution in [3.05, 3.63) is 28.2 Å². The molecule has 0 aliphatic rings. The van der Waals surface area contributed by atoms with Crippen molar-refractivity contribution in [3.8, 4) is 5.75 Å². The molecule has 1 rings (SSSR count). The number of carbonyl (C=O) groups is 1. The largest absolute Gasteiger partial charge is 0.482 e. The van der Waals surface area contributed by atoms with Gasteiger partial charge in [-0.05, 0) is 25.1 Å². The van der Waals surface area contributed by atoms with E-state index < -0.39 is 24.3 Å². The first-order chi connectivity index (χ1) is 8.34. The van der Waals surface area contributed by atoms with E-state index in [1.54, 1.807) is 6.92 Å². The van der Waals surface area contributed by atoms with Gasteiger partial charge in [-0.15, -0.1) is 0 Å². The first-order valence-electron chi connectivity index (χ1n) is 4.99. The number of esters is 1. The maximum Gasteiger partial charge on any atom is 0.417 e. The minimum atomic E-state index is -4.48. The van der Waals surface area contributed by atoms with Gasteiger partial charge < -0.3 is 9.47 Å². The van der Waals surface area contributed by atoms with Crippen molar-refractivity contribution >= 4 is 21.9 Å². The Kier molecular flexibility index (Phi) is 5.01. The van der Waals surface area contributed by atoms with Gasteiger partial charge in [-0.25, -0.2) is 4.79 Å². The normalized spacial score (nSPS) is 11.2. The zero-order chi connectivity index (χ0) is 13.8. The number of hydrogen-bond donors (Lipinski definition) is 0. The predicted molar refractivity (Wildman–Crippen MR) is 61.3 cm³/mol. The average molecular weight is 327 g/mol. The summed E-state index contributed by atoms with van der Waals surface area (Å²) >= 11 is 2.80. The quantitative estimate of drug-likeness (QED) is 0.795. The van der Waals surface area contributed by atoms with Crippen LogP contribution in [0.5, 0.6) is 5.75 Å². The summed E-state index contributed by atoms with van der Waals surface area (Å²) < 4.78 is 47.1. The standard InChI is InChI=1S/C11H10BrF3O3/c1-2-17-10(16)6-18-7-3-4-9(12)8(5-7)11(13,14)15/h3-5H,2,6H2,1H3. The van der Waals surface area contributed by atoms with Crippen LogP contribution in [0, 0.1) is 0 Å². The smallest absolute Gasteiger partial charge is 0.417 e. The molecule has 0 N–H and O–H groups in total. The van der Waals surface area contributed by atoms with Crippen LogP contribution in [0.2, 0.25) is 0 Å². The Hall–Kier alpha value is -1.24. The summed E-state index contributed by atoms with van der Waals surface area (Å²) in [5.41, 5.74) is -0.858. The number of halogens is 4. The Labute approximate surface area is 110 Å². The van der Waals surface area contributed by atoms with Gasteiger partial charge in [-0.2, -0.15) is 13.2 Å². The fourth-order valence-electron chi connectivity index (χ4n) is 1.16. The predicted octanol–water partition coefficient (Wildman–Crippen LogP) is 3.41. The number of carbonyl (C=O) groups excluding carboxylic acids is 1. The van der Waals surface area contributed by atoms with Crippen LogP contribution in [-0.2, 0) is 15.7 Å². The monoisotopic (exact) mass is 326 g/mol. The number of alkyl halides is 3. The van der Waals surface area contributed by atoms with Crippen LogP contribution in [0.25, 0.3) is 0 Å². The molecule has 7 heteroatoms. The molecule has 0 unspecified atom stereocenters. The third-order valence-corrected chi connectivity index (χ3v) is 2.60. The lowest BCUT2D eigenvalue weighted by Gasteiger charge is -2.11. The van der Waals surface area contributed by atoms with Gasteiger partial charge in [0, 0.05) is 4.47 Å². The highest BCUT2D eigenvalue weighted by atomic mass is 79.9. The minimum absolute atomic E-state index is 0.0430. The van der Waals surface area contributed by atoms with Gasteiger partial charge in [0.05, 0.1) is 12.2 Å². The van der Waals surface area contributed by atoms with Crippen molar-refractivity contribution in [2.45, 2.75) is 13.1 Å². The Balaban J connectivity index is 2.77. The van der Waals surface area contributed by atoms with Crippen LogP contribution in [0.15, 0.2) is 22.7 Å². The van der Waals surface area contributed by atoms with Crippen molar-refractivity contribution in [2.75, 3.05) is 13.2 Å². The summed E-state index contributed by atoms with van der Waals surface area (Å²) in [5.74, 6) is -0.674. The number of rotatable bonds is 4. The molecule has 0 amide bonds. The van der Waals surface area contributed by atoms with Gasteiger partial charge in [0.2, 0.25) is 0 Å². The summed E-state index contributed by atoms with van der Waals surface area (Å²) in [7, 11) is 0. The summed E-state index contributed by atoms with van der Waals surface area (Å²) in [4.78, 5) is 11.0. The maximum absolute atomic E-state index is 12.6. The molecule has 18 heavy (non-hydrogen) atoms. The van der Waals surface area contributed by atoms with E-state index in [0.29, 0.717) is 0 Å². The Morgan fingerprint density at radius 2 is 2.06 bits per heavy atom. The molecule has 0 saturated heterocycles. The highest BCUT2D eigenvalue weighted by Gasteiger charge is 2.33. The van der Waals surface area contributed by atoms with E-state index in [2.05, 4.69) is 20.7 Å². The fourth-order valence-corrected chi connectivity index (χ4v) is 1.63. The third-order valence-electron chi connectivity index (χ3n) is 1.91. The average Bonchev–Trinajstić information content (AvgIpc) is 2.27. The van der Waals surface area contributed by atoms with Gasteiger partial charge in [0.15, 0.2) is 6.61 Å². The summed E-state index contributed by atoms with van der Waals surface area (Å²) in [6, 6.07) is 3.37. The van der Waals surface area contributed by atoms with Gasteiger partial charge in [-0.1, -0.05) is 15.9 Å². The molecule has 0 aromatic heterocycles. The molecular formula is C11H10BrF3O3. The topological polar surface area (TPSA) is 35.5 Å². The van der Waals surface area contributed by atoms with Gasteiger partial charge in [0.1, 0.15) is 5.75 Å². The molecule has 0 atom stereocenters. The van der Waals surface area contributed by atoms with Gasteiger partial charge in [-0.3, -0.25) is 0 Å². The molecule has 0 heterocycles. The van der Waals surface area contributed by atoms with Gasteiger partial charge >= 0.3 is 12.1 Å². The SMILES string of the molecule is CCOC(=O)COc1ccc(Br)c(C(F)(F)F)c1. The second-order valence-corrected chi connectivity index (χ2v) is 4.09. The van der Waals surface area contributed by atoms with Crippen LogP contribution >= 0.6 is 15.9 Å². The molecule has 100 valence electrons. The highest BCUT2D eigenvalue weighted by Crippen LogP contribution is 2.36. The van der Waals surface area contributed by atoms with Crippen molar-refractivity contribution in [3.63, 3.8) is 0 Å². The zero-order valence-electron chi connectivity index (χ0n) is 9.38. The summed E-state index contributed by atoms with van der Waals surface area (Å²) in [6.45, 7) is 1.39. The number of benzene rings is 1. The number of ether oxygens (including phenoxy) is 2. The molecule has 0 radical (unpaired) electrons. The fraction of sp³-hybridized carbons (Fsp3) is 0.364. The highest BCUT2D eigenvalue weighted by molar-refractivity contribution is 9.10. The van der Waals surface area contributed by atoms with Crippen molar-refractivity contribution < 1.29 is 27.4 Å². The lowest BCUT2D eigenvalue weighted by Crippen LogP contribution is -2.15. The van der Waals surface area contributed by atoms with Crippen LogP contribution in [0.4, 0.5) is 13.2 Å².